The lowest BCUT2D eigenvalue weighted by Crippen LogP contribution is -2.40. The minimum absolute atomic E-state index is 0.0144. The Kier molecular flexibility index (Phi) is 6.33. The number of ether oxygens (including phenoxy) is 2. The van der Waals surface area contributed by atoms with Crippen LogP contribution in [0.25, 0.3) is 11.0 Å². The number of carbonyl (C=O) groups excluding carboxylic acids is 1. The Balaban J connectivity index is 1.35. The van der Waals surface area contributed by atoms with Crippen LogP contribution in [0.2, 0.25) is 0 Å². The molecule has 0 aliphatic carbocycles. The summed E-state index contributed by atoms with van der Waals surface area (Å²) in [4.78, 5) is 18.4. The molecule has 2 aromatic heterocycles. The minimum Gasteiger partial charge on any atom is -0.383 e. The van der Waals surface area contributed by atoms with E-state index in [0.717, 1.165) is 31.9 Å². The van der Waals surface area contributed by atoms with E-state index in [-0.39, 0.29) is 41.4 Å². The zero-order chi connectivity index (χ0) is 22.0. The number of pyridine rings is 1. The number of likely N-dealkylation sites (tertiary alicyclic amines) is 1. The summed E-state index contributed by atoms with van der Waals surface area (Å²) in [6.07, 6.45) is -0.365. The number of piperidine rings is 1. The van der Waals surface area contributed by atoms with Crippen molar-refractivity contribution in [3.8, 4) is 0 Å². The maximum atomic E-state index is 13.5. The summed E-state index contributed by atoms with van der Waals surface area (Å²) in [5, 5.41) is 5.98. The standard InChI is InChI=1S/C20H26F3N5O3/c21-20(22,23)14-9-15(25-19-17(14)18(24)26-27-19)12-4-6-28(7-5-12)16(29)11-30-10-13-3-1-2-8-31-13/h9,12-13H,1-8,10-11H2,(H3,24,25,26,27)/t13-/m0/s1. The predicted octanol–water partition coefficient (Wildman–Crippen LogP) is 2.85. The van der Waals surface area contributed by atoms with Gasteiger partial charge in [0, 0.05) is 31.3 Å². The third-order valence-electron chi connectivity index (χ3n) is 5.95. The first-order chi connectivity index (χ1) is 14.8. The van der Waals surface area contributed by atoms with E-state index >= 15 is 0 Å². The summed E-state index contributed by atoms with van der Waals surface area (Å²) in [6.45, 7) is 2.00. The maximum absolute atomic E-state index is 13.5. The number of alkyl halides is 3. The number of amides is 1. The van der Waals surface area contributed by atoms with E-state index in [9.17, 15) is 18.0 Å². The highest BCUT2D eigenvalue weighted by Gasteiger charge is 2.36. The average Bonchev–Trinajstić information content (AvgIpc) is 3.14. The van der Waals surface area contributed by atoms with Crippen LogP contribution in [0.5, 0.6) is 0 Å². The van der Waals surface area contributed by atoms with Gasteiger partial charge in [0.25, 0.3) is 0 Å². The minimum atomic E-state index is -4.57. The van der Waals surface area contributed by atoms with Crippen molar-refractivity contribution < 1.29 is 27.4 Å². The molecule has 8 nitrogen and oxygen atoms in total. The largest absolute Gasteiger partial charge is 0.417 e. The van der Waals surface area contributed by atoms with Crippen LogP contribution in [-0.2, 0) is 20.4 Å². The first-order valence-electron chi connectivity index (χ1n) is 10.5. The van der Waals surface area contributed by atoms with Crippen LogP contribution in [0.4, 0.5) is 19.0 Å². The lowest BCUT2D eigenvalue weighted by atomic mass is 9.91. The van der Waals surface area contributed by atoms with Crippen molar-refractivity contribution in [2.45, 2.75) is 50.3 Å². The summed E-state index contributed by atoms with van der Waals surface area (Å²) < 4.78 is 51.7. The first-order valence-corrected chi connectivity index (χ1v) is 10.5. The van der Waals surface area contributed by atoms with E-state index in [1.807, 2.05) is 0 Å². The van der Waals surface area contributed by atoms with E-state index < -0.39 is 11.7 Å². The Morgan fingerprint density at radius 1 is 1.29 bits per heavy atom. The fourth-order valence-corrected chi connectivity index (χ4v) is 4.23. The monoisotopic (exact) mass is 441 g/mol. The SMILES string of the molecule is Nc1[nH]nc2nc(C3CCN(C(=O)COC[C@@H]4CCCCO4)CC3)cc(C(F)(F)F)c12. The highest BCUT2D eigenvalue weighted by atomic mass is 19.4. The van der Waals surface area contributed by atoms with Crippen molar-refractivity contribution in [2.24, 2.45) is 0 Å². The summed E-state index contributed by atoms with van der Waals surface area (Å²) in [5.41, 5.74) is 5.06. The number of halogens is 3. The van der Waals surface area contributed by atoms with Crippen LogP contribution in [0.1, 0.15) is 49.3 Å². The fourth-order valence-electron chi connectivity index (χ4n) is 4.23. The molecule has 0 saturated carbocycles. The third kappa shape index (κ3) is 4.93. The topological polar surface area (TPSA) is 106 Å². The van der Waals surface area contributed by atoms with Crippen LogP contribution in [0.15, 0.2) is 6.07 Å². The molecule has 2 saturated heterocycles. The number of nitrogens with one attached hydrogen (secondary N) is 1. The molecule has 2 aliphatic heterocycles. The van der Waals surface area contributed by atoms with Gasteiger partial charge in [-0.2, -0.15) is 18.3 Å². The lowest BCUT2D eigenvalue weighted by Gasteiger charge is -2.32. The van der Waals surface area contributed by atoms with Crippen molar-refractivity contribution in [1.29, 1.82) is 0 Å². The highest BCUT2D eigenvalue weighted by molar-refractivity contribution is 5.89. The van der Waals surface area contributed by atoms with E-state index in [1.54, 1.807) is 4.90 Å². The molecule has 4 heterocycles. The van der Waals surface area contributed by atoms with Gasteiger partial charge >= 0.3 is 6.18 Å². The molecule has 11 heteroatoms. The van der Waals surface area contributed by atoms with E-state index in [0.29, 0.717) is 38.2 Å². The van der Waals surface area contributed by atoms with Gasteiger partial charge in [0.05, 0.1) is 23.7 Å². The van der Waals surface area contributed by atoms with Crippen molar-refractivity contribution in [3.05, 3.63) is 17.3 Å². The smallest absolute Gasteiger partial charge is 0.383 e. The van der Waals surface area contributed by atoms with Crippen molar-refractivity contribution in [2.75, 3.05) is 38.6 Å². The zero-order valence-electron chi connectivity index (χ0n) is 17.1. The van der Waals surface area contributed by atoms with Gasteiger partial charge in [-0.1, -0.05) is 0 Å². The molecule has 3 N–H and O–H groups in total. The van der Waals surface area contributed by atoms with E-state index in [2.05, 4.69) is 15.2 Å². The van der Waals surface area contributed by atoms with Crippen molar-refractivity contribution in [3.63, 3.8) is 0 Å². The van der Waals surface area contributed by atoms with Crippen molar-refractivity contribution in [1.82, 2.24) is 20.1 Å². The molecule has 1 amide bonds. The van der Waals surface area contributed by atoms with Gasteiger partial charge in [0.2, 0.25) is 5.91 Å². The number of fused-ring (bicyclic) bond motifs is 1. The second kappa shape index (κ2) is 8.99. The predicted molar refractivity (Wildman–Crippen MR) is 106 cm³/mol. The summed E-state index contributed by atoms with van der Waals surface area (Å²) in [6, 6.07) is 1.06. The second-order valence-electron chi connectivity index (χ2n) is 8.09. The summed E-state index contributed by atoms with van der Waals surface area (Å²) >= 11 is 0. The molecule has 0 aromatic carbocycles. The number of nitrogens with zero attached hydrogens (tertiary/aromatic N) is 3. The number of rotatable bonds is 5. The van der Waals surface area contributed by atoms with Crippen LogP contribution in [0.3, 0.4) is 0 Å². The molecule has 2 aliphatic rings. The van der Waals surface area contributed by atoms with Gasteiger partial charge in [-0.05, 0) is 38.2 Å². The number of aromatic nitrogens is 3. The van der Waals surface area contributed by atoms with Crippen LogP contribution < -0.4 is 5.73 Å². The number of H-pyrrole nitrogens is 1. The molecule has 1 atom stereocenters. The number of anilines is 1. The Hall–Kier alpha value is -2.40. The van der Waals surface area contributed by atoms with Gasteiger partial charge in [-0.3, -0.25) is 9.89 Å². The molecular formula is C20H26F3N5O3. The Morgan fingerprint density at radius 2 is 2.06 bits per heavy atom. The zero-order valence-corrected chi connectivity index (χ0v) is 17.1. The molecular weight excluding hydrogens is 415 g/mol. The first kappa shape index (κ1) is 21.8. The summed E-state index contributed by atoms with van der Waals surface area (Å²) in [5.74, 6) is -0.460. The van der Waals surface area contributed by atoms with Crippen molar-refractivity contribution >= 4 is 22.8 Å². The maximum Gasteiger partial charge on any atom is 0.417 e. The van der Waals surface area contributed by atoms with Gasteiger partial charge in [0.1, 0.15) is 12.4 Å². The van der Waals surface area contributed by atoms with Gasteiger partial charge in [0.15, 0.2) is 5.65 Å². The van der Waals surface area contributed by atoms with Gasteiger partial charge in [-0.25, -0.2) is 4.98 Å². The Labute approximate surface area is 177 Å². The lowest BCUT2D eigenvalue weighted by molar-refractivity contribution is -0.139. The van der Waals surface area contributed by atoms with Gasteiger partial charge in [-0.15, -0.1) is 0 Å². The molecule has 0 unspecified atom stereocenters. The molecule has 4 rings (SSSR count). The summed E-state index contributed by atoms with van der Waals surface area (Å²) in [7, 11) is 0. The molecule has 31 heavy (non-hydrogen) atoms. The number of nitrogen functional groups attached to an aromatic ring is 1. The normalized spacial score (nSPS) is 21.0. The van der Waals surface area contributed by atoms with Crippen LogP contribution in [-0.4, -0.2) is 65.0 Å². The number of hydrogen-bond donors (Lipinski definition) is 2. The number of nitrogens with two attached hydrogens (primary N) is 1. The molecule has 0 bridgehead atoms. The number of carbonyl (C=O) groups is 1. The second-order valence-corrected chi connectivity index (χ2v) is 8.09. The van der Waals surface area contributed by atoms with E-state index in [1.165, 1.54) is 0 Å². The molecule has 0 spiro atoms. The number of aromatic amines is 1. The number of hydrogen-bond acceptors (Lipinski definition) is 6. The van der Waals surface area contributed by atoms with E-state index in [4.69, 9.17) is 15.2 Å². The molecule has 0 radical (unpaired) electrons. The van der Waals surface area contributed by atoms with Crippen LogP contribution >= 0.6 is 0 Å². The molecule has 2 aromatic rings. The quantitative estimate of drug-likeness (QED) is 0.739. The average molecular weight is 441 g/mol. The highest BCUT2D eigenvalue weighted by Crippen LogP contribution is 2.39. The van der Waals surface area contributed by atoms with Crippen LogP contribution in [0, 0.1) is 0 Å². The Bertz CT molecular complexity index is 919. The Morgan fingerprint density at radius 3 is 2.74 bits per heavy atom. The molecule has 2 fully saturated rings. The molecule has 170 valence electrons. The van der Waals surface area contributed by atoms with Gasteiger partial charge < -0.3 is 20.1 Å². The fraction of sp³-hybridized carbons (Fsp3) is 0.650. The third-order valence-corrected chi connectivity index (χ3v) is 5.95.